The normalized spacial score (nSPS) is 14.5. The van der Waals surface area contributed by atoms with E-state index in [1.807, 2.05) is 66.7 Å². The van der Waals surface area contributed by atoms with Crippen LogP contribution in [0.15, 0.2) is 72.8 Å². The zero-order valence-electron chi connectivity index (χ0n) is 27.2. The van der Waals surface area contributed by atoms with Crippen molar-refractivity contribution >= 4 is 30.0 Å². The van der Waals surface area contributed by atoms with Gasteiger partial charge in [-0.05, 0) is 72.8 Å². The minimum atomic E-state index is -3.57. The van der Waals surface area contributed by atoms with Crippen molar-refractivity contribution in [3.63, 3.8) is 0 Å². The van der Waals surface area contributed by atoms with E-state index in [-0.39, 0.29) is 17.2 Å². The van der Waals surface area contributed by atoms with E-state index < -0.39 is 30.2 Å². The lowest BCUT2D eigenvalue weighted by molar-refractivity contribution is -0.138. The number of hydrogen-bond acceptors (Lipinski definition) is 6. The molecule has 44 heavy (non-hydrogen) atoms. The van der Waals surface area contributed by atoms with Gasteiger partial charge in [-0.3, -0.25) is 9.52 Å². The number of hydrogen-bond donors (Lipinski definition) is 3. The molecule has 0 radical (unpaired) electrons. The summed E-state index contributed by atoms with van der Waals surface area (Å²) in [4.78, 5) is 11.5. The van der Waals surface area contributed by atoms with Gasteiger partial charge in [-0.2, -0.15) is 0 Å². The van der Waals surface area contributed by atoms with Crippen LogP contribution in [0.25, 0.3) is 0 Å². The zero-order chi connectivity index (χ0) is 32.7. The molecule has 0 aliphatic rings. The summed E-state index contributed by atoms with van der Waals surface area (Å²) in [5.74, 6) is -0.985. The van der Waals surface area contributed by atoms with Crippen molar-refractivity contribution in [1.29, 1.82) is 0 Å². The number of anilines is 1. The average molecular weight is 641 g/mol. The molecule has 0 heterocycles. The summed E-state index contributed by atoms with van der Waals surface area (Å²) in [5.41, 5.74) is 4.01. The summed E-state index contributed by atoms with van der Waals surface area (Å²) in [6.07, 6.45) is 1.49. The number of aliphatic carboxylic acids is 1. The Hall–Kier alpha value is -3.18. The van der Waals surface area contributed by atoms with E-state index in [0.29, 0.717) is 31.0 Å². The second-order valence-electron chi connectivity index (χ2n) is 13.1. The number of nitrogens with one attached hydrogen (secondary N) is 2. The highest BCUT2D eigenvalue weighted by molar-refractivity contribution is 7.92. The fraction of sp³-hybridized carbons (Fsp3) is 0.441. The molecule has 3 rings (SSSR count). The molecule has 0 saturated carbocycles. The van der Waals surface area contributed by atoms with Crippen molar-refractivity contribution in [2.75, 3.05) is 17.5 Å². The van der Waals surface area contributed by atoms with Gasteiger partial charge >= 0.3 is 5.97 Å². The molecule has 3 aromatic rings. The second kappa shape index (κ2) is 14.7. The lowest BCUT2D eigenvalue weighted by atomic mass is 9.97. The predicted octanol–water partition coefficient (Wildman–Crippen LogP) is 7.11. The first-order valence-corrected chi connectivity index (χ1v) is 19.8. The van der Waals surface area contributed by atoms with Crippen LogP contribution in [0.3, 0.4) is 0 Å². The van der Waals surface area contributed by atoms with E-state index in [9.17, 15) is 18.3 Å². The topological polar surface area (TPSA) is 114 Å². The van der Waals surface area contributed by atoms with Crippen LogP contribution >= 0.6 is 0 Å². The predicted molar refractivity (Wildman–Crippen MR) is 180 cm³/mol. The minimum absolute atomic E-state index is 0.0370. The molecule has 0 spiro atoms. The number of benzene rings is 3. The van der Waals surface area contributed by atoms with Crippen LogP contribution in [0.2, 0.25) is 18.1 Å². The third-order valence-corrected chi connectivity index (χ3v) is 13.2. The average Bonchev–Trinajstić information content (AvgIpc) is 2.93. The molecule has 0 aliphatic heterocycles. The van der Waals surface area contributed by atoms with Gasteiger partial charge in [0.2, 0.25) is 10.0 Å². The number of sulfonamides is 1. The molecule has 0 aromatic heterocycles. The first-order valence-electron chi connectivity index (χ1n) is 15.0. The molecular formula is C34H48N2O6SSi. The SMILES string of the molecule is CC(C(=O)O)c1cccc(C[C@@H](C)NC[C@@H](O[Si](C)(C)C(C)(C)C)c2ccc(OCc3ccccc3)c(NS(C)(=O)=O)c2)c1. The quantitative estimate of drug-likeness (QED) is 0.152. The summed E-state index contributed by atoms with van der Waals surface area (Å²) in [7, 11) is -5.80. The summed E-state index contributed by atoms with van der Waals surface area (Å²) < 4.78 is 40.3. The zero-order valence-corrected chi connectivity index (χ0v) is 29.0. The highest BCUT2D eigenvalue weighted by atomic mass is 32.2. The van der Waals surface area contributed by atoms with E-state index in [4.69, 9.17) is 9.16 Å². The fourth-order valence-electron chi connectivity index (χ4n) is 4.51. The molecule has 1 unspecified atom stereocenters. The van der Waals surface area contributed by atoms with Gasteiger partial charge in [0.15, 0.2) is 8.32 Å². The highest BCUT2D eigenvalue weighted by Crippen LogP contribution is 2.40. The largest absolute Gasteiger partial charge is 0.487 e. The lowest BCUT2D eigenvalue weighted by Gasteiger charge is -2.40. The maximum atomic E-state index is 12.3. The molecule has 0 aliphatic carbocycles. The first kappa shape index (κ1) is 35.3. The summed E-state index contributed by atoms with van der Waals surface area (Å²) in [6, 6.07) is 23.0. The van der Waals surface area contributed by atoms with E-state index in [1.165, 1.54) is 0 Å². The Morgan fingerprint density at radius 3 is 2.20 bits per heavy atom. The summed E-state index contributed by atoms with van der Waals surface area (Å²) >= 11 is 0. The Bertz CT molecular complexity index is 1510. The van der Waals surface area contributed by atoms with Crippen molar-refractivity contribution in [1.82, 2.24) is 5.32 Å². The molecule has 0 saturated heterocycles. The van der Waals surface area contributed by atoms with Crippen LogP contribution in [-0.2, 0) is 32.3 Å². The Morgan fingerprint density at radius 1 is 0.932 bits per heavy atom. The van der Waals surface area contributed by atoms with Gasteiger partial charge in [0.05, 0.1) is 24.0 Å². The fourth-order valence-corrected chi connectivity index (χ4v) is 6.36. The van der Waals surface area contributed by atoms with E-state index >= 15 is 0 Å². The van der Waals surface area contributed by atoms with Crippen molar-refractivity contribution in [3.05, 3.63) is 95.1 Å². The molecule has 0 amide bonds. The number of carboxylic acids is 1. The first-order chi connectivity index (χ1) is 20.4. The molecule has 3 aromatic carbocycles. The lowest BCUT2D eigenvalue weighted by Crippen LogP contribution is -2.44. The van der Waals surface area contributed by atoms with Crippen molar-refractivity contribution in [3.8, 4) is 5.75 Å². The van der Waals surface area contributed by atoms with Crippen LogP contribution in [0.1, 0.15) is 68.9 Å². The molecule has 240 valence electrons. The smallest absolute Gasteiger partial charge is 0.310 e. The summed E-state index contributed by atoms with van der Waals surface area (Å²) in [5, 5.41) is 13.0. The Labute approximate surface area is 264 Å². The summed E-state index contributed by atoms with van der Waals surface area (Å²) in [6.45, 7) is 15.6. The van der Waals surface area contributed by atoms with Gasteiger partial charge < -0.3 is 19.6 Å². The van der Waals surface area contributed by atoms with Gasteiger partial charge in [0.1, 0.15) is 12.4 Å². The number of carboxylic acid groups (broad SMARTS) is 1. The van der Waals surface area contributed by atoms with Crippen LogP contribution in [0.4, 0.5) is 5.69 Å². The van der Waals surface area contributed by atoms with Crippen LogP contribution < -0.4 is 14.8 Å². The van der Waals surface area contributed by atoms with Gasteiger partial charge in [-0.1, -0.05) is 81.4 Å². The van der Waals surface area contributed by atoms with Crippen LogP contribution in [0.5, 0.6) is 5.75 Å². The van der Waals surface area contributed by atoms with Crippen molar-refractivity contribution in [2.24, 2.45) is 0 Å². The maximum Gasteiger partial charge on any atom is 0.310 e. The number of ether oxygens (including phenoxy) is 1. The van der Waals surface area contributed by atoms with Gasteiger partial charge in [0, 0.05) is 12.6 Å². The highest BCUT2D eigenvalue weighted by Gasteiger charge is 2.39. The molecule has 0 bridgehead atoms. The van der Waals surface area contributed by atoms with E-state index in [0.717, 1.165) is 28.5 Å². The van der Waals surface area contributed by atoms with Crippen LogP contribution in [-0.4, -0.2) is 46.7 Å². The monoisotopic (exact) mass is 640 g/mol. The van der Waals surface area contributed by atoms with Crippen molar-refractivity contribution in [2.45, 2.75) is 83.8 Å². The van der Waals surface area contributed by atoms with Gasteiger partial charge in [-0.25, -0.2) is 8.42 Å². The molecule has 3 N–H and O–H groups in total. The Balaban J connectivity index is 1.87. The van der Waals surface area contributed by atoms with Gasteiger partial charge in [-0.15, -0.1) is 0 Å². The molecule has 0 fully saturated rings. The molecule has 10 heteroatoms. The standard InChI is InChI=1S/C34H48N2O6SSi/c1-24(19-27-15-12-16-28(20-27)25(2)33(37)38)35-22-32(42-44(7,8)34(3,4)5)29-17-18-31(30(21-29)36-43(6,39)40)41-23-26-13-10-9-11-14-26/h9-18,20-21,24-25,32,35-36H,19,22-23H2,1-8H3,(H,37,38)/t24-,25?,32-/m1/s1. The number of rotatable bonds is 15. The van der Waals surface area contributed by atoms with Gasteiger partial charge in [0.25, 0.3) is 0 Å². The number of carbonyl (C=O) groups is 1. The maximum absolute atomic E-state index is 12.3. The van der Waals surface area contributed by atoms with E-state index in [1.54, 1.807) is 13.0 Å². The van der Waals surface area contributed by atoms with E-state index in [2.05, 4.69) is 50.8 Å². The molecule has 3 atom stereocenters. The van der Waals surface area contributed by atoms with Crippen molar-refractivity contribution < 1.29 is 27.5 Å². The molecule has 8 nitrogen and oxygen atoms in total. The second-order valence-corrected chi connectivity index (χ2v) is 19.6. The minimum Gasteiger partial charge on any atom is -0.487 e. The Kier molecular flexibility index (Phi) is 11.8. The Morgan fingerprint density at radius 2 is 1.59 bits per heavy atom. The van der Waals surface area contributed by atoms with Crippen LogP contribution in [0, 0.1) is 0 Å². The molecular weight excluding hydrogens is 593 g/mol. The third-order valence-electron chi connectivity index (χ3n) is 8.17. The third kappa shape index (κ3) is 10.5.